The van der Waals surface area contributed by atoms with Crippen LogP contribution in [0.3, 0.4) is 0 Å². The Morgan fingerprint density at radius 1 is 1.08 bits per heavy atom. The number of nitrogens with zero attached hydrogens (tertiary/aromatic N) is 1. The fraction of sp³-hybridized carbons (Fsp3) is 0.524. The minimum absolute atomic E-state index is 0.0729. The minimum atomic E-state index is -0.0729. The first-order valence-electron chi connectivity index (χ1n) is 9.22. The van der Waals surface area contributed by atoms with Crippen LogP contribution in [0.4, 0.5) is 0 Å². The molecule has 1 aromatic rings. The third kappa shape index (κ3) is 5.33. The molecule has 1 aliphatic rings. The molecule has 2 rings (SSSR count). The number of oxazole rings is 1. The number of rotatable bonds is 5. The van der Waals surface area contributed by atoms with Crippen LogP contribution in [0.2, 0.25) is 0 Å². The van der Waals surface area contributed by atoms with E-state index in [1.54, 1.807) is 0 Å². The van der Waals surface area contributed by atoms with E-state index < -0.39 is 0 Å². The molecule has 0 aromatic carbocycles. The molecule has 0 atom stereocenters. The van der Waals surface area contributed by atoms with Gasteiger partial charge >= 0.3 is 0 Å². The number of carbonyl (C=O) groups is 1. The normalized spacial score (nSPS) is 18.7. The SMILES string of the molecule is C\C=C/C=C\C(=C/C)C(=O)c1coc(C2CCCCCCCC2)n1. The predicted molar refractivity (Wildman–Crippen MR) is 98.2 cm³/mol. The highest BCUT2D eigenvalue weighted by Gasteiger charge is 2.21. The molecule has 0 spiro atoms. The summed E-state index contributed by atoms with van der Waals surface area (Å²) in [7, 11) is 0. The number of Topliss-reactive ketones (excluding diaryl/α,β-unsaturated/α-hetero) is 1. The molecule has 130 valence electrons. The standard InChI is InChI=1S/C21H29NO2/c1-3-5-10-13-17(4-2)20(23)19-16-24-21(22-19)18-14-11-8-6-7-9-12-15-18/h3-5,10,13,16,18H,6-9,11-12,14-15H2,1-2H3/b5-3-,13-10-,17-4+. The Labute approximate surface area is 145 Å². The lowest BCUT2D eigenvalue weighted by atomic mass is 9.97. The predicted octanol–water partition coefficient (Wildman–Crippen LogP) is 6.15. The second kappa shape index (κ2) is 10.1. The van der Waals surface area contributed by atoms with Crippen LogP contribution in [0.25, 0.3) is 0 Å². The maximum atomic E-state index is 12.6. The van der Waals surface area contributed by atoms with Crippen molar-refractivity contribution in [1.82, 2.24) is 4.98 Å². The number of hydrogen-bond acceptors (Lipinski definition) is 3. The summed E-state index contributed by atoms with van der Waals surface area (Å²) in [6.07, 6.45) is 20.8. The maximum absolute atomic E-state index is 12.6. The molecule has 24 heavy (non-hydrogen) atoms. The number of aromatic nitrogens is 1. The van der Waals surface area contributed by atoms with Crippen LogP contribution in [0, 0.1) is 0 Å². The van der Waals surface area contributed by atoms with E-state index in [4.69, 9.17) is 4.42 Å². The van der Waals surface area contributed by atoms with Gasteiger partial charge in [-0.1, -0.05) is 68.9 Å². The van der Waals surface area contributed by atoms with Gasteiger partial charge in [0.05, 0.1) is 0 Å². The second-order valence-electron chi connectivity index (χ2n) is 6.42. The van der Waals surface area contributed by atoms with Crippen LogP contribution >= 0.6 is 0 Å². The smallest absolute Gasteiger partial charge is 0.214 e. The van der Waals surface area contributed by atoms with E-state index in [0.717, 1.165) is 18.7 Å². The van der Waals surface area contributed by atoms with Crippen LogP contribution in [0.15, 0.2) is 46.6 Å². The Kier molecular flexibility index (Phi) is 7.73. The molecule has 0 bridgehead atoms. The summed E-state index contributed by atoms with van der Waals surface area (Å²) in [6.45, 7) is 3.81. The summed E-state index contributed by atoms with van der Waals surface area (Å²) >= 11 is 0. The molecule has 1 fully saturated rings. The molecule has 0 radical (unpaired) electrons. The van der Waals surface area contributed by atoms with Gasteiger partial charge in [-0.25, -0.2) is 4.98 Å². The van der Waals surface area contributed by atoms with Crippen LogP contribution in [-0.4, -0.2) is 10.8 Å². The van der Waals surface area contributed by atoms with Crippen molar-refractivity contribution in [2.45, 2.75) is 71.1 Å². The Bertz CT molecular complexity index is 597. The van der Waals surface area contributed by atoms with Crippen molar-refractivity contribution in [1.29, 1.82) is 0 Å². The van der Waals surface area contributed by atoms with Gasteiger partial charge in [0, 0.05) is 11.5 Å². The van der Waals surface area contributed by atoms with Crippen molar-refractivity contribution in [3.8, 4) is 0 Å². The van der Waals surface area contributed by atoms with Crippen LogP contribution in [-0.2, 0) is 0 Å². The summed E-state index contributed by atoms with van der Waals surface area (Å²) in [4.78, 5) is 17.1. The van der Waals surface area contributed by atoms with Crippen molar-refractivity contribution in [3.05, 3.63) is 53.8 Å². The van der Waals surface area contributed by atoms with Gasteiger partial charge in [-0.2, -0.15) is 0 Å². The molecule has 3 heteroatoms. The van der Waals surface area contributed by atoms with Crippen molar-refractivity contribution in [2.24, 2.45) is 0 Å². The van der Waals surface area contributed by atoms with Crippen LogP contribution in [0.1, 0.15) is 87.5 Å². The fourth-order valence-corrected chi connectivity index (χ4v) is 3.18. The van der Waals surface area contributed by atoms with E-state index in [9.17, 15) is 4.79 Å². The first-order chi connectivity index (χ1) is 11.8. The Balaban J connectivity index is 2.08. The fourth-order valence-electron chi connectivity index (χ4n) is 3.18. The molecule has 1 heterocycles. The quantitative estimate of drug-likeness (QED) is 0.370. The second-order valence-corrected chi connectivity index (χ2v) is 6.42. The Morgan fingerprint density at radius 3 is 2.38 bits per heavy atom. The first kappa shape index (κ1) is 18.4. The third-order valence-electron chi connectivity index (χ3n) is 4.61. The van der Waals surface area contributed by atoms with Crippen molar-refractivity contribution < 1.29 is 9.21 Å². The van der Waals surface area contributed by atoms with Gasteiger partial charge in [-0.3, -0.25) is 4.79 Å². The minimum Gasteiger partial charge on any atom is -0.448 e. The summed E-state index contributed by atoms with van der Waals surface area (Å²) in [5.74, 6) is 1.03. The number of ketones is 1. The average Bonchev–Trinajstić information content (AvgIpc) is 3.11. The van der Waals surface area contributed by atoms with E-state index in [1.807, 2.05) is 44.2 Å². The highest BCUT2D eigenvalue weighted by atomic mass is 16.3. The van der Waals surface area contributed by atoms with Crippen LogP contribution < -0.4 is 0 Å². The zero-order valence-corrected chi connectivity index (χ0v) is 15.0. The van der Waals surface area contributed by atoms with E-state index in [0.29, 0.717) is 17.2 Å². The molecular formula is C21H29NO2. The number of allylic oxidation sites excluding steroid dienone is 6. The largest absolute Gasteiger partial charge is 0.448 e. The van der Waals surface area contributed by atoms with Gasteiger partial charge < -0.3 is 4.42 Å². The Hall–Kier alpha value is -1.90. The van der Waals surface area contributed by atoms with Gasteiger partial charge in [0.2, 0.25) is 5.78 Å². The molecule has 0 amide bonds. The molecule has 0 saturated heterocycles. The van der Waals surface area contributed by atoms with Crippen molar-refractivity contribution in [3.63, 3.8) is 0 Å². The monoisotopic (exact) mass is 327 g/mol. The third-order valence-corrected chi connectivity index (χ3v) is 4.61. The maximum Gasteiger partial charge on any atom is 0.214 e. The van der Waals surface area contributed by atoms with Crippen LogP contribution in [0.5, 0.6) is 0 Å². The zero-order chi connectivity index (χ0) is 17.2. The topological polar surface area (TPSA) is 43.1 Å². The van der Waals surface area contributed by atoms with E-state index >= 15 is 0 Å². The van der Waals surface area contributed by atoms with Crippen molar-refractivity contribution >= 4 is 5.78 Å². The molecule has 0 unspecified atom stereocenters. The van der Waals surface area contributed by atoms with Crippen molar-refractivity contribution in [2.75, 3.05) is 0 Å². The van der Waals surface area contributed by atoms with Gasteiger partial charge in [-0.15, -0.1) is 0 Å². The summed E-state index contributed by atoms with van der Waals surface area (Å²) in [6, 6.07) is 0. The molecule has 1 saturated carbocycles. The zero-order valence-electron chi connectivity index (χ0n) is 15.0. The van der Waals surface area contributed by atoms with Gasteiger partial charge in [0.25, 0.3) is 0 Å². The summed E-state index contributed by atoms with van der Waals surface area (Å²) in [5, 5.41) is 0. The lowest BCUT2D eigenvalue weighted by Crippen LogP contribution is -2.04. The molecule has 0 aliphatic heterocycles. The lowest BCUT2D eigenvalue weighted by molar-refractivity contribution is 0.103. The molecule has 3 nitrogen and oxygen atoms in total. The van der Waals surface area contributed by atoms with Gasteiger partial charge in [-0.05, 0) is 26.7 Å². The molecular weight excluding hydrogens is 298 g/mol. The first-order valence-corrected chi connectivity index (χ1v) is 9.22. The average molecular weight is 327 g/mol. The summed E-state index contributed by atoms with van der Waals surface area (Å²) in [5.41, 5.74) is 1.06. The van der Waals surface area contributed by atoms with Gasteiger partial charge in [0.1, 0.15) is 12.0 Å². The Morgan fingerprint density at radius 2 is 1.75 bits per heavy atom. The number of hydrogen-bond donors (Lipinski definition) is 0. The molecule has 0 N–H and O–H groups in total. The lowest BCUT2D eigenvalue weighted by Gasteiger charge is -2.11. The summed E-state index contributed by atoms with van der Waals surface area (Å²) < 4.78 is 5.69. The van der Waals surface area contributed by atoms with E-state index in [2.05, 4.69) is 4.98 Å². The van der Waals surface area contributed by atoms with Gasteiger partial charge in [0.15, 0.2) is 5.89 Å². The van der Waals surface area contributed by atoms with E-state index in [1.165, 1.54) is 44.8 Å². The highest BCUT2D eigenvalue weighted by Crippen LogP contribution is 2.30. The number of carbonyl (C=O) groups excluding carboxylic acids is 1. The molecule has 1 aliphatic carbocycles. The van der Waals surface area contributed by atoms with E-state index in [-0.39, 0.29) is 5.78 Å². The highest BCUT2D eigenvalue weighted by molar-refractivity contribution is 6.09. The molecule has 1 aromatic heterocycles.